The third kappa shape index (κ3) is 5.35. The molecule has 126 valence electrons. The number of carbonyl (C=O) groups is 2. The highest BCUT2D eigenvalue weighted by Crippen LogP contribution is 2.09. The summed E-state index contributed by atoms with van der Waals surface area (Å²) in [6, 6.07) is 10.3. The van der Waals surface area contributed by atoms with E-state index < -0.39 is 0 Å². The summed E-state index contributed by atoms with van der Waals surface area (Å²) in [4.78, 5) is 28.2. The Morgan fingerprint density at radius 3 is 2.54 bits per heavy atom. The molecule has 6 heteroatoms. The molecule has 24 heavy (non-hydrogen) atoms. The number of halogens is 1. The molecule has 0 aliphatic rings. The number of hydrogen-bond donors (Lipinski definition) is 2. The van der Waals surface area contributed by atoms with Crippen molar-refractivity contribution in [2.24, 2.45) is 0 Å². The van der Waals surface area contributed by atoms with Gasteiger partial charge in [-0.3, -0.25) is 14.6 Å². The molecule has 0 saturated carbocycles. The molecule has 5 nitrogen and oxygen atoms in total. The molecule has 2 amide bonds. The molecule has 2 N–H and O–H groups in total. The second-order valence-electron chi connectivity index (χ2n) is 5.35. The third-order valence-electron chi connectivity index (χ3n) is 3.44. The van der Waals surface area contributed by atoms with E-state index in [2.05, 4.69) is 22.5 Å². The van der Waals surface area contributed by atoms with Crippen molar-refractivity contribution in [3.63, 3.8) is 0 Å². The number of amides is 2. The molecule has 1 heterocycles. The Bertz CT molecular complexity index is 702. The van der Waals surface area contributed by atoms with Gasteiger partial charge in [-0.2, -0.15) is 0 Å². The largest absolute Gasteiger partial charge is 0.351 e. The van der Waals surface area contributed by atoms with Crippen molar-refractivity contribution in [3.8, 4) is 0 Å². The van der Waals surface area contributed by atoms with Crippen LogP contribution in [0, 0.1) is 0 Å². The summed E-state index contributed by atoms with van der Waals surface area (Å²) in [5.41, 5.74) is 1.59. The number of carbonyl (C=O) groups excluding carboxylic acids is 2. The first-order valence-corrected chi connectivity index (χ1v) is 8.25. The molecule has 2 aromatic rings. The molecular weight excluding hydrogens is 326 g/mol. The number of hydrogen-bond acceptors (Lipinski definition) is 3. The van der Waals surface area contributed by atoms with Crippen LogP contribution in [-0.4, -0.2) is 23.3 Å². The lowest BCUT2D eigenvalue weighted by atomic mass is 10.2. The summed E-state index contributed by atoms with van der Waals surface area (Å²) < 4.78 is 0. The molecule has 1 aromatic carbocycles. The van der Waals surface area contributed by atoms with Crippen molar-refractivity contribution in [2.45, 2.75) is 26.3 Å². The number of unbranched alkanes of at least 4 members (excludes halogenated alkanes) is 1. The molecule has 0 aliphatic heterocycles. The van der Waals surface area contributed by atoms with E-state index >= 15 is 0 Å². The first kappa shape index (κ1) is 17.9. The van der Waals surface area contributed by atoms with Crippen molar-refractivity contribution >= 4 is 23.4 Å². The Morgan fingerprint density at radius 2 is 1.83 bits per heavy atom. The van der Waals surface area contributed by atoms with E-state index in [9.17, 15) is 9.59 Å². The van der Waals surface area contributed by atoms with Crippen LogP contribution in [0.25, 0.3) is 0 Å². The van der Waals surface area contributed by atoms with Gasteiger partial charge in [0.2, 0.25) is 0 Å². The SMILES string of the molecule is CCCCNC(=O)c1cc(C(=O)NCc2ccc(Cl)cc2)ccn1. The molecule has 1 aromatic heterocycles. The van der Waals surface area contributed by atoms with Crippen molar-refractivity contribution in [2.75, 3.05) is 6.54 Å². The lowest BCUT2D eigenvalue weighted by Crippen LogP contribution is -2.27. The maximum Gasteiger partial charge on any atom is 0.269 e. The van der Waals surface area contributed by atoms with E-state index in [1.165, 1.54) is 12.3 Å². The van der Waals surface area contributed by atoms with Crippen molar-refractivity contribution < 1.29 is 9.59 Å². The zero-order valence-corrected chi connectivity index (χ0v) is 14.3. The van der Waals surface area contributed by atoms with Crippen LogP contribution >= 0.6 is 11.6 Å². The monoisotopic (exact) mass is 345 g/mol. The van der Waals surface area contributed by atoms with Crippen LogP contribution in [-0.2, 0) is 6.54 Å². The third-order valence-corrected chi connectivity index (χ3v) is 3.69. The molecular formula is C18H20ClN3O2. The molecule has 0 spiro atoms. The quantitative estimate of drug-likeness (QED) is 0.757. The van der Waals surface area contributed by atoms with Gasteiger partial charge in [-0.25, -0.2) is 0 Å². The van der Waals surface area contributed by atoms with Gasteiger partial charge in [0.05, 0.1) is 0 Å². The Morgan fingerprint density at radius 1 is 1.08 bits per heavy atom. The van der Waals surface area contributed by atoms with E-state index in [4.69, 9.17) is 11.6 Å². The summed E-state index contributed by atoms with van der Waals surface area (Å²) in [7, 11) is 0. The maximum atomic E-state index is 12.2. The zero-order chi connectivity index (χ0) is 17.4. The molecule has 0 unspecified atom stereocenters. The van der Waals surface area contributed by atoms with Crippen LogP contribution in [0.2, 0.25) is 5.02 Å². The van der Waals surface area contributed by atoms with Crippen molar-refractivity contribution in [1.82, 2.24) is 15.6 Å². The fourth-order valence-corrected chi connectivity index (χ4v) is 2.18. The van der Waals surface area contributed by atoms with Gasteiger partial charge in [-0.15, -0.1) is 0 Å². The number of nitrogens with zero attached hydrogens (tertiary/aromatic N) is 1. The number of aromatic nitrogens is 1. The van der Waals surface area contributed by atoms with Crippen LogP contribution < -0.4 is 10.6 Å². The summed E-state index contributed by atoms with van der Waals surface area (Å²) in [6.07, 6.45) is 3.37. The highest BCUT2D eigenvalue weighted by molar-refractivity contribution is 6.30. The van der Waals surface area contributed by atoms with Gasteiger partial charge in [-0.1, -0.05) is 37.1 Å². The summed E-state index contributed by atoms with van der Waals surface area (Å²) in [5, 5.41) is 6.25. The molecule has 0 fully saturated rings. The molecule has 0 saturated heterocycles. The average Bonchev–Trinajstić information content (AvgIpc) is 2.61. The van der Waals surface area contributed by atoms with Gasteiger partial charge in [0.25, 0.3) is 11.8 Å². The van der Waals surface area contributed by atoms with E-state index in [0.717, 1.165) is 18.4 Å². The fourth-order valence-electron chi connectivity index (χ4n) is 2.05. The van der Waals surface area contributed by atoms with Crippen LogP contribution in [0.15, 0.2) is 42.6 Å². The van der Waals surface area contributed by atoms with Crippen LogP contribution in [0.3, 0.4) is 0 Å². The highest BCUT2D eigenvalue weighted by Gasteiger charge is 2.11. The van der Waals surface area contributed by atoms with Gasteiger partial charge < -0.3 is 10.6 Å². The minimum Gasteiger partial charge on any atom is -0.351 e. The smallest absolute Gasteiger partial charge is 0.269 e. The second kappa shape index (κ2) is 9.03. The van der Waals surface area contributed by atoms with Gasteiger partial charge in [0.1, 0.15) is 5.69 Å². The average molecular weight is 346 g/mol. The number of benzene rings is 1. The van der Waals surface area contributed by atoms with Gasteiger partial charge in [0.15, 0.2) is 0 Å². The number of rotatable bonds is 7. The van der Waals surface area contributed by atoms with Gasteiger partial charge in [0, 0.05) is 29.9 Å². The van der Waals surface area contributed by atoms with Crippen molar-refractivity contribution in [1.29, 1.82) is 0 Å². The summed E-state index contributed by atoms with van der Waals surface area (Å²) >= 11 is 5.83. The summed E-state index contributed by atoms with van der Waals surface area (Å²) in [5.74, 6) is -0.522. The van der Waals surface area contributed by atoms with E-state index in [1.54, 1.807) is 18.2 Å². The van der Waals surface area contributed by atoms with E-state index in [1.807, 2.05) is 12.1 Å². The normalized spacial score (nSPS) is 10.2. The second-order valence-corrected chi connectivity index (χ2v) is 5.78. The molecule has 2 rings (SSSR count). The molecule has 0 atom stereocenters. The van der Waals surface area contributed by atoms with Crippen LogP contribution in [0.4, 0.5) is 0 Å². The number of pyridine rings is 1. The first-order chi connectivity index (χ1) is 11.6. The van der Waals surface area contributed by atoms with E-state index in [0.29, 0.717) is 23.7 Å². The Labute approximate surface area is 146 Å². The lowest BCUT2D eigenvalue weighted by molar-refractivity contribution is 0.0948. The highest BCUT2D eigenvalue weighted by atomic mass is 35.5. The Kier molecular flexibility index (Phi) is 6.75. The minimum absolute atomic E-state index is 0.241. The zero-order valence-electron chi connectivity index (χ0n) is 13.5. The molecule has 0 radical (unpaired) electrons. The lowest BCUT2D eigenvalue weighted by Gasteiger charge is -2.07. The fraction of sp³-hybridized carbons (Fsp3) is 0.278. The Balaban J connectivity index is 1.95. The van der Waals surface area contributed by atoms with Gasteiger partial charge >= 0.3 is 0 Å². The maximum absolute atomic E-state index is 12.2. The molecule has 0 bridgehead atoms. The van der Waals surface area contributed by atoms with Gasteiger partial charge in [-0.05, 0) is 36.2 Å². The van der Waals surface area contributed by atoms with Crippen LogP contribution in [0.1, 0.15) is 46.2 Å². The molecule has 0 aliphatic carbocycles. The van der Waals surface area contributed by atoms with Crippen LogP contribution in [0.5, 0.6) is 0 Å². The standard InChI is InChI=1S/C18H20ClN3O2/c1-2-3-9-21-18(24)16-11-14(8-10-20-16)17(23)22-12-13-4-6-15(19)7-5-13/h4-8,10-11H,2-3,9,12H2,1H3,(H,21,24)(H,22,23). The predicted octanol–water partition coefficient (Wildman–Crippen LogP) is 3.19. The Hall–Kier alpha value is -2.40. The summed E-state index contributed by atoms with van der Waals surface area (Å²) in [6.45, 7) is 3.04. The number of nitrogens with one attached hydrogen (secondary N) is 2. The minimum atomic E-state index is -0.268. The first-order valence-electron chi connectivity index (χ1n) is 7.87. The van der Waals surface area contributed by atoms with Crippen molar-refractivity contribution in [3.05, 3.63) is 64.4 Å². The predicted molar refractivity (Wildman–Crippen MR) is 94.1 cm³/mol. The topological polar surface area (TPSA) is 71.1 Å². The van der Waals surface area contributed by atoms with E-state index in [-0.39, 0.29) is 17.5 Å².